The van der Waals surface area contributed by atoms with Crippen molar-refractivity contribution in [3.8, 4) is 0 Å². The van der Waals surface area contributed by atoms with Crippen LogP contribution in [0.25, 0.3) is 0 Å². The van der Waals surface area contributed by atoms with Crippen LogP contribution in [0, 0.1) is 17.7 Å². The number of nitrogens with zero attached hydrogens (tertiary/aromatic N) is 2. The number of halogens is 1. The zero-order valence-electron chi connectivity index (χ0n) is 23.7. The maximum absolute atomic E-state index is 13.4. The van der Waals surface area contributed by atoms with E-state index in [0.29, 0.717) is 29.1 Å². The molecular weight excluding hydrogens is 505 g/mol. The molecule has 2 aromatic carbocycles. The van der Waals surface area contributed by atoms with Crippen molar-refractivity contribution in [3.05, 3.63) is 65.5 Å². The van der Waals surface area contributed by atoms with Gasteiger partial charge in [-0.05, 0) is 101 Å². The highest BCUT2D eigenvalue weighted by atomic mass is 19.1. The number of rotatable bonds is 8. The summed E-state index contributed by atoms with van der Waals surface area (Å²) in [5, 5.41) is 9.74. The van der Waals surface area contributed by atoms with Crippen molar-refractivity contribution in [1.29, 1.82) is 0 Å². The van der Waals surface area contributed by atoms with Gasteiger partial charge < -0.3 is 20.9 Å². The number of ketones is 1. The van der Waals surface area contributed by atoms with Crippen LogP contribution in [-0.2, 0) is 6.42 Å². The number of piperidine rings is 3. The number of urea groups is 1. The van der Waals surface area contributed by atoms with E-state index in [1.807, 2.05) is 18.2 Å². The van der Waals surface area contributed by atoms with Crippen molar-refractivity contribution in [2.24, 2.45) is 11.8 Å². The van der Waals surface area contributed by atoms with Crippen LogP contribution in [-0.4, -0.2) is 79.5 Å². The van der Waals surface area contributed by atoms with Gasteiger partial charge in [-0.25, -0.2) is 9.18 Å². The molecule has 0 aliphatic carbocycles. The summed E-state index contributed by atoms with van der Waals surface area (Å²) in [5.41, 5.74) is 2.42. The van der Waals surface area contributed by atoms with E-state index in [1.54, 1.807) is 30.3 Å². The highest BCUT2D eigenvalue weighted by molar-refractivity contribution is 5.96. The smallest absolute Gasteiger partial charge is 0.319 e. The maximum Gasteiger partial charge on any atom is 0.319 e. The summed E-state index contributed by atoms with van der Waals surface area (Å²) in [6, 6.07) is 14.5. The lowest BCUT2D eigenvalue weighted by Gasteiger charge is -2.46. The fraction of sp³-hybridized carbons (Fsp3) is 0.562. The molecule has 0 aromatic heterocycles. The topological polar surface area (TPSA) is 76.7 Å². The highest BCUT2D eigenvalue weighted by Crippen LogP contribution is 2.27. The van der Waals surface area contributed by atoms with Gasteiger partial charge in [-0.1, -0.05) is 24.3 Å². The molecule has 0 bridgehead atoms. The summed E-state index contributed by atoms with van der Waals surface area (Å²) >= 11 is 0. The molecule has 7 nitrogen and oxygen atoms in total. The Morgan fingerprint density at radius 2 is 1.80 bits per heavy atom. The van der Waals surface area contributed by atoms with Crippen LogP contribution in [0.15, 0.2) is 48.5 Å². The second-order valence-corrected chi connectivity index (χ2v) is 12.0. The number of hydrogen-bond donors (Lipinski definition) is 3. The molecule has 3 saturated heterocycles. The largest absolute Gasteiger partial charge is 0.335 e. The predicted octanol–water partition coefficient (Wildman–Crippen LogP) is 4.55. The molecule has 3 heterocycles. The fourth-order valence-corrected chi connectivity index (χ4v) is 6.86. The van der Waals surface area contributed by atoms with E-state index in [-0.39, 0.29) is 23.7 Å². The number of carbonyl (C=O) groups excluding carboxylic acids is 2. The number of amides is 2. The van der Waals surface area contributed by atoms with Gasteiger partial charge in [0.1, 0.15) is 5.82 Å². The first-order valence-electron chi connectivity index (χ1n) is 15.0. The van der Waals surface area contributed by atoms with Gasteiger partial charge >= 0.3 is 6.03 Å². The maximum atomic E-state index is 13.4. The van der Waals surface area contributed by atoms with Gasteiger partial charge in [0.2, 0.25) is 0 Å². The van der Waals surface area contributed by atoms with E-state index in [1.165, 1.54) is 38.2 Å². The summed E-state index contributed by atoms with van der Waals surface area (Å²) in [5.74, 6) is 0.696. The molecule has 0 saturated carbocycles. The van der Waals surface area contributed by atoms with Gasteiger partial charge in [-0.2, -0.15) is 0 Å². The van der Waals surface area contributed by atoms with Crippen LogP contribution >= 0.6 is 0 Å². The number of anilines is 1. The van der Waals surface area contributed by atoms with E-state index in [9.17, 15) is 14.0 Å². The fourth-order valence-electron chi connectivity index (χ4n) is 6.86. The van der Waals surface area contributed by atoms with Crippen LogP contribution in [0.4, 0.5) is 14.9 Å². The Kier molecular flexibility index (Phi) is 9.83. The Morgan fingerprint density at radius 3 is 2.58 bits per heavy atom. The lowest BCUT2D eigenvalue weighted by Crippen LogP contribution is -2.58. The number of benzene rings is 2. The average Bonchev–Trinajstić information content (AvgIpc) is 2.96. The molecule has 2 aromatic rings. The Hall–Kier alpha value is -2.81. The summed E-state index contributed by atoms with van der Waals surface area (Å²) in [4.78, 5) is 30.1. The second kappa shape index (κ2) is 13.7. The monoisotopic (exact) mass is 549 g/mol. The number of carbonyl (C=O) groups is 2. The van der Waals surface area contributed by atoms with Gasteiger partial charge in [-0.3, -0.25) is 9.69 Å². The number of Topliss-reactive ketones (excluding diaryl/α,β-unsaturated/α-hetero) is 1. The molecule has 8 heteroatoms. The number of nitrogens with one attached hydrogen (secondary N) is 3. The van der Waals surface area contributed by atoms with Gasteiger partial charge in [0.25, 0.3) is 0 Å². The highest BCUT2D eigenvalue weighted by Gasteiger charge is 2.35. The third-order valence-electron chi connectivity index (χ3n) is 8.97. The van der Waals surface area contributed by atoms with Crippen LogP contribution in [0.5, 0.6) is 0 Å². The quantitative estimate of drug-likeness (QED) is 0.422. The van der Waals surface area contributed by atoms with Crippen LogP contribution in [0.3, 0.4) is 0 Å². The minimum absolute atomic E-state index is 0.0197. The standard InChI is InChI=1S/C32H44FN5O2/c1-23(39)26-5-2-6-29(19-26)35-32(40)36-31-13-17-38(30-11-14-34-15-12-30)22-27(31)21-37-16-3-4-25(20-37)18-24-7-9-28(33)10-8-24/h2,5-10,19,25,27,30-31,34H,3-4,11-18,20-22H2,1H3,(H2,35,36,40)/t25-,27+,31+/m0/s1. The Balaban J connectivity index is 1.23. The molecule has 5 rings (SSSR count). The zero-order valence-corrected chi connectivity index (χ0v) is 23.7. The van der Waals surface area contributed by atoms with Gasteiger partial charge in [0.05, 0.1) is 0 Å². The predicted molar refractivity (Wildman–Crippen MR) is 157 cm³/mol. The number of likely N-dealkylation sites (tertiary alicyclic amines) is 2. The van der Waals surface area contributed by atoms with Gasteiger partial charge in [0, 0.05) is 55.4 Å². The molecule has 2 amide bonds. The Bertz CT molecular complexity index is 1140. The summed E-state index contributed by atoms with van der Waals surface area (Å²) in [6.07, 6.45) is 6.64. The molecule has 3 aliphatic heterocycles. The van der Waals surface area contributed by atoms with Crippen molar-refractivity contribution in [3.63, 3.8) is 0 Å². The lowest BCUT2D eigenvalue weighted by atomic mass is 9.87. The summed E-state index contributed by atoms with van der Waals surface area (Å²) in [7, 11) is 0. The first kappa shape index (κ1) is 28.7. The molecule has 3 aliphatic rings. The molecular formula is C32H44FN5O2. The first-order valence-corrected chi connectivity index (χ1v) is 15.0. The molecule has 216 valence electrons. The molecule has 0 spiro atoms. The Labute approximate surface area is 237 Å². The van der Waals surface area contributed by atoms with Crippen molar-refractivity contribution in [2.75, 3.05) is 51.1 Å². The minimum atomic E-state index is -0.209. The van der Waals surface area contributed by atoms with E-state index in [0.717, 1.165) is 58.7 Å². The third-order valence-corrected chi connectivity index (χ3v) is 8.97. The molecule has 40 heavy (non-hydrogen) atoms. The van der Waals surface area contributed by atoms with Crippen molar-refractivity contribution in [1.82, 2.24) is 20.4 Å². The average molecular weight is 550 g/mol. The SMILES string of the molecule is CC(=O)c1cccc(NC(=O)N[C@@H]2CCN(C3CCNCC3)C[C@H]2CN2CCC[C@@H](Cc3ccc(F)cc3)C2)c1. The Morgan fingerprint density at radius 1 is 1.00 bits per heavy atom. The summed E-state index contributed by atoms with van der Waals surface area (Å²) in [6.45, 7) is 8.77. The van der Waals surface area contributed by atoms with Crippen LogP contribution in [0.1, 0.15) is 54.9 Å². The molecule has 3 atom stereocenters. The molecule has 3 N–H and O–H groups in total. The van der Waals surface area contributed by atoms with Crippen LogP contribution in [0.2, 0.25) is 0 Å². The lowest BCUT2D eigenvalue weighted by molar-refractivity contribution is 0.0544. The normalized spacial score (nSPS) is 24.9. The zero-order chi connectivity index (χ0) is 27.9. The van der Waals surface area contributed by atoms with Gasteiger partial charge in [-0.15, -0.1) is 0 Å². The second-order valence-electron chi connectivity index (χ2n) is 12.0. The van der Waals surface area contributed by atoms with E-state index in [4.69, 9.17) is 0 Å². The summed E-state index contributed by atoms with van der Waals surface area (Å²) < 4.78 is 13.4. The van der Waals surface area contributed by atoms with Crippen molar-refractivity contribution in [2.45, 2.75) is 57.5 Å². The molecule has 0 unspecified atom stereocenters. The van der Waals surface area contributed by atoms with E-state index in [2.05, 4.69) is 25.8 Å². The third kappa shape index (κ3) is 7.89. The van der Waals surface area contributed by atoms with Crippen LogP contribution < -0.4 is 16.0 Å². The van der Waals surface area contributed by atoms with E-state index < -0.39 is 0 Å². The van der Waals surface area contributed by atoms with Crippen molar-refractivity contribution >= 4 is 17.5 Å². The molecule has 0 radical (unpaired) electrons. The minimum Gasteiger partial charge on any atom is -0.335 e. The van der Waals surface area contributed by atoms with Crippen molar-refractivity contribution < 1.29 is 14.0 Å². The number of hydrogen-bond acceptors (Lipinski definition) is 5. The molecule has 3 fully saturated rings. The van der Waals surface area contributed by atoms with Gasteiger partial charge in [0.15, 0.2) is 5.78 Å². The van der Waals surface area contributed by atoms with E-state index >= 15 is 0 Å². The first-order chi connectivity index (χ1) is 19.4.